The first-order valence-electron chi connectivity index (χ1n) is 7.10. The molecule has 12 heteroatoms. The number of nitrogen functional groups attached to an aromatic ring is 1. The van der Waals surface area contributed by atoms with Gasteiger partial charge in [0.2, 0.25) is 5.95 Å². The van der Waals surface area contributed by atoms with Crippen LogP contribution in [-0.4, -0.2) is 50.2 Å². The molecule has 0 aliphatic carbocycles. The minimum Gasteiger partial charge on any atom is -0.462 e. The summed E-state index contributed by atoms with van der Waals surface area (Å²) in [5.41, 5.74) is 11.2. The monoisotopic (exact) mass is 378 g/mol. The average molecular weight is 379 g/mol. The molecule has 2 aromatic rings. The number of imidazole rings is 1. The molecule has 0 radical (unpaired) electrons. The molecule has 0 aliphatic rings. The molecule has 142 valence electrons. The number of aromatic nitrogens is 4. The molecule has 0 amide bonds. The number of nitrogens with two attached hydrogens (primary N) is 2. The van der Waals surface area contributed by atoms with Gasteiger partial charge in [-0.2, -0.15) is 4.98 Å². The number of hydrogen-bond donors (Lipinski definition) is 3. The Labute approximate surface area is 149 Å². The number of hydrogen-bond acceptors (Lipinski definition) is 8. The van der Waals surface area contributed by atoms with Crippen molar-refractivity contribution in [2.75, 3.05) is 18.9 Å². The minimum absolute atomic E-state index is 0. The van der Waals surface area contributed by atoms with E-state index >= 15 is 0 Å². The topological polar surface area (TPSA) is 183 Å². The van der Waals surface area contributed by atoms with Gasteiger partial charge in [-0.05, 0) is 5.92 Å². The number of nitrogens with zero attached hydrogens (tertiary/aromatic N) is 3. The molecule has 0 saturated heterocycles. The van der Waals surface area contributed by atoms with Gasteiger partial charge in [-0.25, -0.2) is 4.98 Å². The molecule has 25 heavy (non-hydrogen) atoms. The van der Waals surface area contributed by atoms with E-state index in [0.717, 1.165) is 0 Å². The van der Waals surface area contributed by atoms with Crippen molar-refractivity contribution in [3.05, 3.63) is 16.7 Å². The van der Waals surface area contributed by atoms with E-state index in [-0.39, 0.29) is 55.2 Å². The number of fused-ring (bicyclic) bond motifs is 1. The smallest absolute Gasteiger partial charge is 0.323 e. The van der Waals surface area contributed by atoms with Gasteiger partial charge < -0.3 is 26.4 Å². The van der Waals surface area contributed by atoms with Gasteiger partial charge >= 0.3 is 5.97 Å². The van der Waals surface area contributed by atoms with Crippen LogP contribution in [0.5, 0.6) is 0 Å². The van der Waals surface area contributed by atoms with Crippen LogP contribution >= 0.6 is 12.4 Å². The zero-order valence-corrected chi connectivity index (χ0v) is 14.7. The first-order chi connectivity index (χ1) is 10.9. The van der Waals surface area contributed by atoms with Crippen molar-refractivity contribution in [1.29, 1.82) is 0 Å². The first-order valence-corrected chi connectivity index (χ1v) is 7.10. The fraction of sp³-hybridized carbons (Fsp3) is 0.538. The van der Waals surface area contributed by atoms with Crippen LogP contribution in [0.15, 0.2) is 11.1 Å². The third kappa shape index (κ3) is 5.67. The Morgan fingerprint density at radius 1 is 1.40 bits per heavy atom. The Morgan fingerprint density at radius 3 is 2.72 bits per heavy atom. The molecule has 2 rings (SSSR count). The van der Waals surface area contributed by atoms with E-state index in [9.17, 15) is 9.59 Å². The van der Waals surface area contributed by atoms with E-state index in [1.54, 1.807) is 0 Å². The molecule has 1 atom stereocenters. The number of carbonyl (C=O) groups excluding carboxylic acids is 1. The Hall–Kier alpha value is -2.21. The standard InChI is InChI=1S/C13H20N6O4.ClH.H2O/c1-7(2)8(14)12(21)23-4-3-22-6-19-5-16-9-10(19)17-13(15)18-11(9)20;;/h5,7-8H,3-4,6,14H2,1-2H3,(H3,15,17,18,20);1H;1H2/t8-;;/m0../s1. The molecule has 0 fully saturated rings. The van der Waals surface area contributed by atoms with Gasteiger partial charge in [0.15, 0.2) is 11.2 Å². The zero-order chi connectivity index (χ0) is 17.0. The van der Waals surface area contributed by atoms with E-state index in [0.29, 0.717) is 5.65 Å². The van der Waals surface area contributed by atoms with Crippen molar-refractivity contribution in [3.8, 4) is 0 Å². The van der Waals surface area contributed by atoms with E-state index in [1.165, 1.54) is 10.9 Å². The predicted molar refractivity (Wildman–Crippen MR) is 93.1 cm³/mol. The molecule has 0 aromatic carbocycles. The van der Waals surface area contributed by atoms with Crippen LogP contribution in [0.4, 0.5) is 5.95 Å². The maximum atomic E-state index is 11.6. The first kappa shape index (κ1) is 22.8. The van der Waals surface area contributed by atoms with Crippen molar-refractivity contribution in [1.82, 2.24) is 19.5 Å². The molecule has 0 spiro atoms. The molecule has 0 aliphatic heterocycles. The van der Waals surface area contributed by atoms with Gasteiger partial charge in [-0.3, -0.25) is 19.1 Å². The SMILES string of the molecule is CC(C)[C@H](N)C(=O)OCCOCn1cnc2c(=O)[nH]c(N)nc21.Cl.O. The summed E-state index contributed by atoms with van der Waals surface area (Å²) in [6, 6.07) is -0.647. The molecule has 0 saturated carbocycles. The van der Waals surface area contributed by atoms with Gasteiger partial charge in [0.05, 0.1) is 12.9 Å². The van der Waals surface area contributed by atoms with Crippen LogP contribution in [0, 0.1) is 5.92 Å². The second-order valence-corrected chi connectivity index (χ2v) is 5.31. The lowest BCUT2D eigenvalue weighted by Crippen LogP contribution is -2.37. The quantitative estimate of drug-likeness (QED) is 0.396. The number of aromatic amines is 1. The lowest BCUT2D eigenvalue weighted by molar-refractivity contribution is -0.148. The highest BCUT2D eigenvalue weighted by Gasteiger charge is 2.18. The Kier molecular flexibility index (Phi) is 9.06. The lowest BCUT2D eigenvalue weighted by atomic mass is 10.1. The van der Waals surface area contributed by atoms with Crippen LogP contribution in [-0.2, 0) is 21.0 Å². The molecule has 11 nitrogen and oxygen atoms in total. The number of anilines is 1. The Balaban J connectivity index is 0.00000288. The zero-order valence-electron chi connectivity index (χ0n) is 13.9. The van der Waals surface area contributed by atoms with Gasteiger partial charge in [0.25, 0.3) is 5.56 Å². The van der Waals surface area contributed by atoms with Crippen LogP contribution in [0.3, 0.4) is 0 Å². The normalized spacial score (nSPS) is 11.7. The van der Waals surface area contributed by atoms with E-state index in [1.807, 2.05) is 13.8 Å². The highest BCUT2D eigenvalue weighted by molar-refractivity contribution is 5.85. The number of H-pyrrole nitrogens is 1. The van der Waals surface area contributed by atoms with Crippen LogP contribution in [0.1, 0.15) is 13.8 Å². The van der Waals surface area contributed by atoms with E-state index in [4.69, 9.17) is 20.9 Å². The van der Waals surface area contributed by atoms with Crippen molar-refractivity contribution in [2.24, 2.45) is 11.7 Å². The average Bonchev–Trinajstić information content (AvgIpc) is 2.89. The molecule has 7 N–H and O–H groups in total. The Bertz CT molecular complexity index is 746. The highest BCUT2D eigenvalue weighted by atomic mass is 35.5. The number of carbonyl (C=O) groups is 1. The van der Waals surface area contributed by atoms with Gasteiger partial charge in [0, 0.05) is 0 Å². The second-order valence-electron chi connectivity index (χ2n) is 5.31. The number of esters is 1. The van der Waals surface area contributed by atoms with Crippen LogP contribution in [0.2, 0.25) is 0 Å². The maximum absolute atomic E-state index is 11.6. The van der Waals surface area contributed by atoms with Gasteiger partial charge in [0.1, 0.15) is 19.4 Å². The third-order valence-electron chi connectivity index (χ3n) is 3.19. The molecular formula is C13H23ClN6O5. The molecule has 2 aromatic heterocycles. The van der Waals surface area contributed by atoms with Crippen LogP contribution in [0.25, 0.3) is 11.2 Å². The summed E-state index contributed by atoms with van der Waals surface area (Å²) in [5.74, 6) is -0.450. The van der Waals surface area contributed by atoms with E-state index < -0.39 is 17.6 Å². The minimum atomic E-state index is -0.647. The highest BCUT2D eigenvalue weighted by Crippen LogP contribution is 2.06. The number of ether oxygens (including phenoxy) is 2. The lowest BCUT2D eigenvalue weighted by Gasteiger charge is -2.14. The maximum Gasteiger partial charge on any atom is 0.323 e. The summed E-state index contributed by atoms with van der Waals surface area (Å²) in [4.78, 5) is 33.5. The Morgan fingerprint density at radius 2 is 2.08 bits per heavy atom. The number of rotatable bonds is 7. The fourth-order valence-electron chi connectivity index (χ4n) is 1.80. The van der Waals surface area contributed by atoms with Crippen molar-refractivity contribution in [3.63, 3.8) is 0 Å². The summed E-state index contributed by atoms with van der Waals surface area (Å²) in [5, 5.41) is 0. The number of halogens is 1. The largest absolute Gasteiger partial charge is 0.462 e. The second kappa shape index (κ2) is 9.93. The van der Waals surface area contributed by atoms with Crippen molar-refractivity contribution >= 4 is 35.5 Å². The van der Waals surface area contributed by atoms with Gasteiger partial charge in [-0.15, -0.1) is 12.4 Å². The molecule has 0 bridgehead atoms. The van der Waals surface area contributed by atoms with E-state index in [2.05, 4.69) is 15.0 Å². The summed E-state index contributed by atoms with van der Waals surface area (Å²) < 4.78 is 11.9. The molecule has 0 unspecified atom stereocenters. The summed E-state index contributed by atoms with van der Waals surface area (Å²) >= 11 is 0. The van der Waals surface area contributed by atoms with Gasteiger partial charge in [-0.1, -0.05) is 13.8 Å². The summed E-state index contributed by atoms with van der Waals surface area (Å²) in [6.45, 7) is 4.04. The van der Waals surface area contributed by atoms with Crippen LogP contribution < -0.4 is 17.0 Å². The molecule has 2 heterocycles. The fourth-order valence-corrected chi connectivity index (χ4v) is 1.80. The molecular weight excluding hydrogens is 356 g/mol. The third-order valence-corrected chi connectivity index (χ3v) is 3.19. The summed E-state index contributed by atoms with van der Waals surface area (Å²) in [6.07, 6.45) is 1.42. The summed E-state index contributed by atoms with van der Waals surface area (Å²) in [7, 11) is 0. The van der Waals surface area contributed by atoms with Crippen molar-refractivity contribution < 1.29 is 19.7 Å². The van der Waals surface area contributed by atoms with Crippen molar-refractivity contribution in [2.45, 2.75) is 26.6 Å². The predicted octanol–water partition coefficient (Wildman–Crippen LogP) is -1.20. The number of nitrogens with one attached hydrogen (secondary N) is 1.